The fraction of sp³-hybridized carbons (Fsp3) is 0.571. The molecular weight excluding hydrogens is 324 g/mol. The van der Waals surface area contributed by atoms with E-state index >= 15 is 0 Å². The number of nitro groups is 1. The number of halogens is 1. The van der Waals surface area contributed by atoms with Crippen LogP contribution in [0.3, 0.4) is 0 Å². The highest BCUT2D eigenvalue weighted by atomic mass is 79.9. The first kappa shape index (κ1) is 15.4. The van der Waals surface area contributed by atoms with Gasteiger partial charge in [-0.1, -0.05) is 15.9 Å². The summed E-state index contributed by atoms with van der Waals surface area (Å²) in [7, 11) is 0. The van der Waals surface area contributed by atoms with Gasteiger partial charge in [-0.15, -0.1) is 0 Å². The molecular formula is C14H19BrN2O3. The van der Waals surface area contributed by atoms with Gasteiger partial charge in [-0.05, 0) is 43.9 Å². The summed E-state index contributed by atoms with van der Waals surface area (Å²) in [6, 6.07) is 5.14. The van der Waals surface area contributed by atoms with Crippen molar-refractivity contribution in [3.63, 3.8) is 0 Å². The minimum Gasteiger partial charge on any atom is -0.381 e. The van der Waals surface area contributed by atoms with E-state index in [1.165, 1.54) is 18.9 Å². The van der Waals surface area contributed by atoms with E-state index in [1.54, 1.807) is 6.07 Å². The number of hydrogen-bond donors (Lipinski definition) is 1. The van der Waals surface area contributed by atoms with Crippen LogP contribution in [0.4, 0.5) is 5.69 Å². The highest BCUT2D eigenvalue weighted by molar-refractivity contribution is 9.10. The summed E-state index contributed by atoms with van der Waals surface area (Å²) < 4.78 is 6.26. The van der Waals surface area contributed by atoms with E-state index in [9.17, 15) is 10.1 Å². The zero-order valence-corrected chi connectivity index (χ0v) is 12.9. The SMILES string of the molecule is O=[N+]([O-])c1cc(Br)ccc1CNCCCOCC1CC1. The fourth-order valence-electron chi connectivity index (χ4n) is 1.91. The third-order valence-electron chi connectivity index (χ3n) is 3.25. The molecule has 110 valence electrons. The second-order valence-corrected chi connectivity index (χ2v) is 5.99. The van der Waals surface area contributed by atoms with Gasteiger partial charge in [0.05, 0.1) is 4.92 Å². The van der Waals surface area contributed by atoms with Crippen LogP contribution in [0.25, 0.3) is 0 Å². The Morgan fingerprint density at radius 1 is 1.45 bits per heavy atom. The van der Waals surface area contributed by atoms with Gasteiger partial charge in [0.25, 0.3) is 5.69 Å². The van der Waals surface area contributed by atoms with Gasteiger partial charge in [-0.25, -0.2) is 0 Å². The first-order valence-electron chi connectivity index (χ1n) is 6.88. The number of rotatable bonds is 9. The zero-order valence-electron chi connectivity index (χ0n) is 11.3. The monoisotopic (exact) mass is 342 g/mol. The lowest BCUT2D eigenvalue weighted by molar-refractivity contribution is -0.385. The molecule has 1 fully saturated rings. The maximum absolute atomic E-state index is 11.0. The molecule has 0 atom stereocenters. The molecule has 1 aliphatic rings. The summed E-state index contributed by atoms with van der Waals surface area (Å²) in [6.07, 6.45) is 3.55. The Morgan fingerprint density at radius 3 is 2.95 bits per heavy atom. The van der Waals surface area contributed by atoms with Crippen LogP contribution in [0.1, 0.15) is 24.8 Å². The summed E-state index contributed by atoms with van der Waals surface area (Å²) >= 11 is 3.25. The van der Waals surface area contributed by atoms with Gasteiger partial charge in [0.1, 0.15) is 0 Å². The molecule has 1 N–H and O–H groups in total. The van der Waals surface area contributed by atoms with Crippen LogP contribution >= 0.6 is 15.9 Å². The predicted molar refractivity (Wildman–Crippen MR) is 80.7 cm³/mol. The summed E-state index contributed by atoms with van der Waals surface area (Å²) in [5, 5.41) is 14.2. The zero-order chi connectivity index (χ0) is 14.4. The molecule has 0 bridgehead atoms. The van der Waals surface area contributed by atoms with Gasteiger partial charge in [0.15, 0.2) is 0 Å². The Balaban J connectivity index is 1.66. The lowest BCUT2D eigenvalue weighted by Gasteiger charge is -2.07. The van der Waals surface area contributed by atoms with Crippen LogP contribution in [0, 0.1) is 16.0 Å². The van der Waals surface area contributed by atoms with Crippen LogP contribution in [-0.2, 0) is 11.3 Å². The first-order chi connectivity index (χ1) is 9.66. The number of nitrogens with zero attached hydrogens (tertiary/aromatic N) is 1. The van der Waals surface area contributed by atoms with E-state index < -0.39 is 0 Å². The molecule has 0 spiro atoms. The van der Waals surface area contributed by atoms with Gasteiger partial charge >= 0.3 is 0 Å². The maximum atomic E-state index is 11.0. The lowest BCUT2D eigenvalue weighted by Crippen LogP contribution is -2.17. The van der Waals surface area contributed by atoms with E-state index in [0.717, 1.165) is 36.6 Å². The molecule has 0 aromatic heterocycles. The standard InChI is InChI=1S/C14H19BrN2O3/c15-13-5-4-12(14(8-13)17(18)19)9-16-6-1-7-20-10-11-2-3-11/h4-5,8,11,16H,1-3,6-7,9-10H2. The number of hydrogen-bond acceptors (Lipinski definition) is 4. The van der Waals surface area contributed by atoms with E-state index in [1.807, 2.05) is 6.07 Å². The van der Waals surface area contributed by atoms with Crippen LogP contribution in [0.5, 0.6) is 0 Å². The van der Waals surface area contributed by atoms with Crippen molar-refractivity contribution in [2.45, 2.75) is 25.8 Å². The number of nitrogens with one attached hydrogen (secondary N) is 1. The summed E-state index contributed by atoms with van der Waals surface area (Å²) in [5.74, 6) is 0.799. The van der Waals surface area contributed by atoms with Crippen molar-refractivity contribution >= 4 is 21.6 Å². The van der Waals surface area contributed by atoms with Gasteiger partial charge < -0.3 is 10.1 Å². The van der Waals surface area contributed by atoms with E-state index in [0.29, 0.717) is 12.1 Å². The highest BCUT2D eigenvalue weighted by Crippen LogP contribution is 2.28. The molecule has 0 radical (unpaired) electrons. The molecule has 2 rings (SSSR count). The molecule has 1 aromatic carbocycles. The highest BCUT2D eigenvalue weighted by Gasteiger charge is 2.20. The van der Waals surface area contributed by atoms with Gasteiger partial charge in [0.2, 0.25) is 0 Å². The lowest BCUT2D eigenvalue weighted by atomic mass is 10.2. The Morgan fingerprint density at radius 2 is 2.25 bits per heavy atom. The third-order valence-corrected chi connectivity index (χ3v) is 3.75. The largest absolute Gasteiger partial charge is 0.381 e. The topological polar surface area (TPSA) is 64.4 Å². The second-order valence-electron chi connectivity index (χ2n) is 5.08. The summed E-state index contributed by atoms with van der Waals surface area (Å²) in [5.41, 5.74) is 0.856. The molecule has 5 nitrogen and oxygen atoms in total. The van der Waals surface area contributed by atoms with Crippen molar-refractivity contribution in [2.24, 2.45) is 5.92 Å². The third kappa shape index (κ3) is 5.19. The molecule has 0 saturated heterocycles. The smallest absolute Gasteiger partial charge is 0.275 e. The molecule has 6 heteroatoms. The van der Waals surface area contributed by atoms with Crippen LogP contribution < -0.4 is 5.32 Å². The van der Waals surface area contributed by atoms with Crippen molar-refractivity contribution in [3.8, 4) is 0 Å². The average Bonchev–Trinajstić information content (AvgIpc) is 3.23. The molecule has 0 aliphatic heterocycles. The first-order valence-corrected chi connectivity index (χ1v) is 7.67. The Labute approximate surface area is 127 Å². The van der Waals surface area contributed by atoms with Crippen molar-refractivity contribution in [3.05, 3.63) is 38.3 Å². The van der Waals surface area contributed by atoms with Crippen molar-refractivity contribution < 1.29 is 9.66 Å². The quantitative estimate of drug-likeness (QED) is 0.425. The molecule has 1 aliphatic carbocycles. The maximum Gasteiger partial charge on any atom is 0.275 e. The number of nitro benzene ring substituents is 1. The van der Waals surface area contributed by atoms with E-state index in [-0.39, 0.29) is 10.6 Å². The molecule has 0 unspecified atom stereocenters. The molecule has 1 saturated carbocycles. The molecule has 20 heavy (non-hydrogen) atoms. The predicted octanol–water partition coefficient (Wildman–Crippen LogP) is 3.26. The summed E-state index contributed by atoms with van der Waals surface area (Å²) in [6.45, 7) is 2.95. The number of benzene rings is 1. The van der Waals surface area contributed by atoms with Crippen molar-refractivity contribution in [1.29, 1.82) is 0 Å². The molecule has 0 amide bonds. The second kappa shape index (κ2) is 7.71. The van der Waals surface area contributed by atoms with Gasteiger partial charge in [-0.3, -0.25) is 10.1 Å². The Hall–Kier alpha value is -0.980. The van der Waals surface area contributed by atoms with Crippen LogP contribution in [0.15, 0.2) is 22.7 Å². The van der Waals surface area contributed by atoms with E-state index in [4.69, 9.17) is 4.74 Å². The van der Waals surface area contributed by atoms with Gasteiger partial charge in [-0.2, -0.15) is 0 Å². The molecule has 1 aromatic rings. The number of ether oxygens (including phenoxy) is 1. The average molecular weight is 343 g/mol. The fourth-order valence-corrected chi connectivity index (χ4v) is 2.26. The minimum absolute atomic E-state index is 0.150. The summed E-state index contributed by atoms with van der Waals surface area (Å²) in [4.78, 5) is 10.6. The van der Waals surface area contributed by atoms with Crippen LogP contribution in [-0.4, -0.2) is 24.7 Å². The van der Waals surface area contributed by atoms with Gasteiger partial charge in [0, 0.05) is 35.9 Å². The Kier molecular flexibility index (Phi) is 5.94. The van der Waals surface area contributed by atoms with Crippen molar-refractivity contribution in [2.75, 3.05) is 19.8 Å². The van der Waals surface area contributed by atoms with E-state index in [2.05, 4.69) is 21.2 Å². The van der Waals surface area contributed by atoms with Crippen molar-refractivity contribution in [1.82, 2.24) is 5.32 Å². The minimum atomic E-state index is -0.347. The molecule has 0 heterocycles. The van der Waals surface area contributed by atoms with Crippen LogP contribution in [0.2, 0.25) is 0 Å². The Bertz CT molecular complexity index is 464. The normalized spacial score (nSPS) is 14.4.